The first kappa shape index (κ1) is 10.7. The average molecular weight is 198 g/mol. The van der Waals surface area contributed by atoms with Gasteiger partial charge in [0, 0.05) is 11.6 Å². The van der Waals surface area contributed by atoms with Gasteiger partial charge < -0.3 is 19.7 Å². The lowest BCUT2D eigenvalue weighted by Gasteiger charge is -2.13. The number of benzene rings is 1. The Morgan fingerprint density at radius 2 is 1.71 bits per heavy atom. The molecule has 0 saturated heterocycles. The van der Waals surface area contributed by atoms with Gasteiger partial charge in [0.25, 0.3) is 0 Å². The normalized spacial score (nSPS) is 12.3. The molecule has 0 aliphatic carbocycles. The van der Waals surface area contributed by atoms with E-state index in [2.05, 4.69) is 0 Å². The van der Waals surface area contributed by atoms with Crippen molar-refractivity contribution in [2.45, 2.75) is 13.0 Å². The minimum atomic E-state index is -0.693. The van der Waals surface area contributed by atoms with Crippen LogP contribution in [0.25, 0.3) is 0 Å². The van der Waals surface area contributed by atoms with E-state index in [4.69, 9.17) is 9.47 Å². The van der Waals surface area contributed by atoms with E-state index in [0.29, 0.717) is 17.1 Å². The topological polar surface area (TPSA) is 58.9 Å². The molecule has 78 valence electrons. The van der Waals surface area contributed by atoms with Gasteiger partial charge in [-0.2, -0.15) is 0 Å². The number of rotatable bonds is 3. The summed E-state index contributed by atoms with van der Waals surface area (Å²) in [5.41, 5.74) is 0.533. The van der Waals surface area contributed by atoms with E-state index in [-0.39, 0.29) is 5.75 Å². The summed E-state index contributed by atoms with van der Waals surface area (Å²) in [5.74, 6) is 0.810. The van der Waals surface area contributed by atoms with Crippen molar-refractivity contribution in [3.8, 4) is 17.2 Å². The van der Waals surface area contributed by atoms with Gasteiger partial charge in [-0.15, -0.1) is 0 Å². The Kier molecular flexibility index (Phi) is 3.19. The number of aliphatic hydroxyl groups excluding tert-OH is 1. The van der Waals surface area contributed by atoms with Gasteiger partial charge in [-0.05, 0) is 13.0 Å². The zero-order valence-electron chi connectivity index (χ0n) is 8.44. The van der Waals surface area contributed by atoms with Crippen molar-refractivity contribution >= 4 is 0 Å². The zero-order valence-corrected chi connectivity index (χ0v) is 8.44. The molecule has 4 heteroatoms. The van der Waals surface area contributed by atoms with E-state index in [1.807, 2.05) is 0 Å². The molecule has 0 amide bonds. The average Bonchev–Trinajstić information content (AvgIpc) is 2.17. The predicted molar refractivity (Wildman–Crippen MR) is 51.8 cm³/mol. The minimum Gasteiger partial charge on any atom is -0.504 e. The Morgan fingerprint density at radius 3 is 2.14 bits per heavy atom. The maximum atomic E-state index is 9.47. The highest BCUT2D eigenvalue weighted by atomic mass is 16.5. The van der Waals surface area contributed by atoms with Crippen LogP contribution in [-0.2, 0) is 0 Å². The Labute approximate surface area is 82.7 Å². The van der Waals surface area contributed by atoms with Gasteiger partial charge in [0.15, 0.2) is 11.5 Å². The maximum Gasteiger partial charge on any atom is 0.164 e. The molecular weight excluding hydrogens is 184 g/mol. The molecule has 4 nitrogen and oxygen atoms in total. The van der Waals surface area contributed by atoms with Crippen LogP contribution in [0.2, 0.25) is 0 Å². The van der Waals surface area contributed by atoms with Gasteiger partial charge in [0.05, 0.1) is 20.3 Å². The molecule has 0 fully saturated rings. The first-order valence-electron chi connectivity index (χ1n) is 4.23. The SMILES string of the molecule is COc1cc(OC)c(C(C)O)cc1O. The number of phenols is 1. The van der Waals surface area contributed by atoms with E-state index < -0.39 is 6.10 Å². The Balaban J connectivity index is 3.24. The molecule has 1 atom stereocenters. The van der Waals surface area contributed by atoms with E-state index in [1.54, 1.807) is 6.92 Å². The smallest absolute Gasteiger partial charge is 0.164 e. The third-order valence-corrected chi connectivity index (χ3v) is 1.98. The summed E-state index contributed by atoms with van der Waals surface area (Å²) in [5, 5.41) is 18.9. The van der Waals surface area contributed by atoms with Crippen LogP contribution in [0.3, 0.4) is 0 Å². The first-order valence-corrected chi connectivity index (χ1v) is 4.23. The molecule has 0 aliphatic heterocycles. The molecular formula is C10H14O4. The third kappa shape index (κ3) is 1.90. The van der Waals surface area contributed by atoms with Gasteiger partial charge in [-0.25, -0.2) is 0 Å². The molecule has 0 spiro atoms. The molecule has 0 aromatic heterocycles. The summed E-state index contributed by atoms with van der Waals surface area (Å²) in [6, 6.07) is 2.97. The second-order valence-corrected chi connectivity index (χ2v) is 2.94. The van der Waals surface area contributed by atoms with Gasteiger partial charge in [0.1, 0.15) is 5.75 Å². The monoisotopic (exact) mass is 198 g/mol. The predicted octanol–water partition coefficient (Wildman–Crippen LogP) is 1.46. The van der Waals surface area contributed by atoms with Crippen LogP contribution in [0.15, 0.2) is 12.1 Å². The van der Waals surface area contributed by atoms with Crippen molar-refractivity contribution in [2.24, 2.45) is 0 Å². The van der Waals surface area contributed by atoms with Gasteiger partial charge in [-0.3, -0.25) is 0 Å². The van der Waals surface area contributed by atoms with Gasteiger partial charge in [-0.1, -0.05) is 0 Å². The van der Waals surface area contributed by atoms with Gasteiger partial charge >= 0.3 is 0 Å². The van der Waals surface area contributed by atoms with Crippen molar-refractivity contribution in [1.82, 2.24) is 0 Å². The molecule has 1 rings (SSSR count). The molecule has 0 saturated carbocycles. The largest absolute Gasteiger partial charge is 0.504 e. The number of hydrogen-bond donors (Lipinski definition) is 2. The molecule has 1 aromatic rings. The van der Waals surface area contributed by atoms with Crippen molar-refractivity contribution < 1.29 is 19.7 Å². The molecule has 1 aromatic carbocycles. The lowest BCUT2D eigenvalue weighted by molar-refractivity contribution is 0.193. The quantitative estimate of drug-likeness (QED) is 0.772. The third-order valence-electron chi connectivity index (χ3n) is 1.98. The zero-order chi connectivity index (χ0) is 10.7. The first-order chi connectivity index (χ1) is 6.60. The fraction of sp³-hybridized carbons (Fsp3) is 0.400. The number of aromatic hydroxyl groups is 1. The Hall–Kier alpha value is -1.42. The van der Waals surface area contributed by atoms with E-state index in [9.17, 15) is 10.2 Å². The molecule has 0 aliphatic rings. The van der Waals surface area contributed by atoms with Crippen molar-refractivity contribution in [2.75, 3.05) is 14.2 Å². The second kappa shape index (κ2) is 4.19. The highest BCUT2D eigenvalue weighted by molar-refractivity contribution is 5.50. The lowest BCUT2D eigenvalue weighted by atomic mass is 10.1. The van der Waals surface area contributed by atoms with Crippen LogP contribution in [0.5, 0.6) is 17.2 Å². The van der Waals surface area contributed by atoms with Crippen LogP contribution < -0.4 is 9.47 Å². The standard InChI is InChI=1S/C10H14O4/c1-6(11)7-4-8(12)10(14-3)5-9(7)13-2/h4-6,11-12H,1-3H3. The van der Waals surface area contributed by atoms with Crippen LogP contribution in [0.1, 0.15) is 18.6 Å². The highest BCUT2D eigenvalue weighted by Gasteiger charge is 2.13. The van der Waals surface area contributed by atoms with E-state index in [0.717, 1.165) is 0 Å². The molecule has 14 heavy (non-hydrogen) atoms. The van der Waals surface area contributed by atoms with Crippen LogP contribution in [0, 0.1) is 0 Å². The highest BCUT2D eigenvalue weighted by Crippen LogP contribution is 2.36. The second-order valence-electron chi connectivity index (χ2n) is 2.94. The molecule has 2 N–H and O–H groups in total. The molecule has 0 bridgehead atoms. The van der Waals surface area contributed by atoms with Crippen molar-refractivity contribution in [3.63, 3.8) is 0 Å². The summed E-state index contributed by atoms with van der Waals surface area (Å²) in [4.78, 5) is 0. The summed E-state index contributed by atoms with van der Waals surface area (Å²) in [6.45, 7) is 1.60. The van der Waals surface area contributed by atoms with Crippen LogP contribution in [-0.4, -0.2) is 24.4 Å². The van der Waals surface area contributed by atoms with Crippen molar-refractivity contribution in [1.29, 1.82) is 0 Å². The number of aliphatic hydroxyl groups is 1. The summed E-state index contributed by atoms with van der Waals surface area (Å²) in [7, 11) is 2.95. The summed E-state index contributed by atoms with van der Waals surface area (Å²) in [6.07, 6.45) is -0.693. The minimum absolute atomic E-state index is 0.01000. The summed E-state index contributed by atoms with van der Waals surface area (Å²) < 4.78 is 9.96. The molecule has 0 heterocycles. The van der Waals surface area contributed by atoms with Crippen molar-refractivity contribution in [3.05, 3.63) is 17.7 Å². The van der Waals surface area contributed by atoms with Crippen LogP contribution in [0.4, 0.5) is 0 Å². The summed E-state index contributed by atoms with van der Waals surface area (Å²) >= 11 is 0. The molecule has 1 unspecified atom stereocenters. The molecule has 0 radical (unpaired) electrons. The van der Waals surface area contributed by atoms with Gasteiger partial charge in [0.2, 0.25) is 0 Å². The Morgan fingerprint density at radius 1 is 1.14 bits per heavy atom. The van der Waals surface area contributed by atoms with Crippen LogP contribution >= 0.6 is 0 Å². The fourth-order valence-corrected chi connectivity index (χ4v) is 1.23. The fourth-order valence-electron chi connectivity index (χ4n) is 1.23. The number of ether oxygens (including phenoxy) is 2. The number of phenolic OH excluding ortho intramolecular Hbond substituents is 1. The maximum absolute atomic E-state index is 9.47. The lowest BCUT2D eigenvalue weighted by Crippen LogP contribution is -1.97. The van der Waals surface area contributed by atoms with E-state index in [1.165, 1.54) is 26.4 Å². The van der Waals surface area contributed by atoms with E-state index >= 15 is 0 Å². The number of hydrogen-bond acceptors (Lipinski definition) is 4. The number of methoxy groups -OCH3 is 2. The Bertz CT molecular complexity index is 320.